The van der Waals surface area contributed by atoms with Crippen LogP contribution in [0.4, 0.5) is 10.1 Å². The lowest BCUT2D eigenvalue weighted by molar-refractivity contribution is 0.571. The number of nitrogens with one attached hydrogen (secondary N) is 1. The fourth-order valence-corrected chi connectivity index (χ4v) is 2.81. The Morgan fingerprint density at radius 3 is 2.70 bits per heavy atom. The van der Waals surface area contributed by atoms with Crippen LogP contribution in [0, 0.1) is 11.7 Å². The van der Waals surface area contributed by atoms with Crippen LogP contribution >= 0.6 is 0 Å². The van der Waals surface area contributed by atoms with E-state index in [0.717, 1.165) is 43.2 Å². The normalized spacial score (nSPS) is 16.2. The van der Waals surface area contributed by atoms with Gasteiger partial charge in [0.25, 0.3) is 0 Å². The Balaban J connectivity index is 2.29. The Kier molecular flexibility index (Phi) is 5.41. The fourth-order valence-electron chi connectivity index (χ4n) is 2.81. The molecule has 1 fully saturated rings. The van der Waals surface area contributed by atoms with E-state index in [-0.39, 0.29) is 11.9 Å². The third kappa shape index (κ3) is 3.72. The molecule has 0 heterocycles. The van der Waals surface area contributed by atoms with Crippen molar-refractivity contribution in [2.75, 3.05) is 24.5 Å². The van der Waals surface area contributed by atoms with Gasteiger partial charge < -0.3 is 10.2 Å². The summed E-state index contributed by atoms with van der Waals surface area (Å²) in [6.45, 7) is 9.19. The number of rotatable bonds is 8. The van der Waals surface area contributed by atoms with Crippen LogP contribution in [0.3, 0.4) is 0 Å². The van der Waals surface area contributed by atoms with E-state index in [1.54, 1.807) is 6.07 Å². The fraction of sp³-hybridized carbons (Fsp3) is 0.647. The van der Waals surface area contributed by atoms with E-state index in [9.17, 15) is 4.39 Å². The van der Waals surface area contributed by atoms with E-state index in [1.165, 1.54) is 12.8 Å². The standard InChI is InChI=1S/C17H27FN2/c1-4-11-20(12-14-9-10-14)17-15(13(3)19-5-2)7-6-8-16(17)18/h6-8,13-14,19H,4-5,9-12H2,1-3H3. The SMILES string of the molecule is CCCN(CC1CC1)c1c(F)cccc1C(C)NCC. The van der Waals surface area contributed by atoms with Crippen molar-refractivity contribution < 1.29 is 4.39 Å². The molecule has 0 saturated heterocycles. The summed E-state index contributed by atoms with van der Waals surface area (Å²) >= 11 is 0. The first-order chi connectivity index (χ1) is 9.67. The molecule has 0 amide bonds. The smallest absolute Gasteiger partial charge is 0.146 e. The first kappa shape index (κ1) is 15.3. The second-order valence-electron chi connectivity index (χ2n) is 5.85. The molecule has 1 atom stereocenters. The zero-order valence-corrected chi connectivity index (χ0v) is 13.0. The molecule has 1 saturated carbocycles. The van der Waals surface area contributed by atoms with Gasteiger partial charge in [-0.3, -0.25) is 0 Å². The molecule has 0 bridgehead atoms. The van der Waals surface area contributed by atoms with Gasteiger partial charge in [0.15, 0.2) is 0 Å². The van der Waals surface area contributed by atoms with E-state index in [4.69, 9.17) is 0 Å². The van der Waals surface area contributed by atoms with E-state index in [1.807, 2.05) is 6.07 Å². The van der Waals surface area contributed by atoms with Crippen molar-refractivity contribution in [3.8, 4) is 0 Å². The minimum absolute atomic E-state index is 0.0821. The van der Waals surface area contributed by atoms with Crippen LogP contribution in [0.25, 0.3) is 0 Å². The molecule has 2 nitrogen and oxygen atoms in total. The van der Waals surface area contributed by atoms with Crippen LogP contribution in [0.2, 0.25) is 0 Å². The summed E-state index contributed by atoms with van der Waals surface area (Å²) in [5.74, 6) is 0.685. The van der Waals surface area contributed by atoms with Gasteiger partial charge in [0, 0.05) is 19.1 Å². The molecule has 0 aliphatic heterocycles. The molecule has 1 unspecified atom stereocenters. The molecule has 2 rings (SSSR count). The predicted molar refractivity (Wildman–Crippen MR) is 83.7 cm³/mol. The third-order valence-corrected chi connectivity index (χ3v) is 3.98. The van der Waals surface area contributed by atoms with Crippen molar-refractivity contribution in [1.29, 1.82) is 0 Å². The van der Waals surface area contributed by atoms with E-state index in [2.05, 4.69) is 37.1 Å². The third-order valence-electron chi connectivity index (χ3n) is 3.98. The molecule has 1 aromatic carbocycles. The molecule has 0 spiro atoms. The van der Waals surface area contributed by atoms with Crippen LogP contribution < -0.4 is 10.2 Å². The van der Waals surface area contributed by atoms with Gasteiger partial charge in [0.2, 0.25) is 0 Å². The molecular weight excluding hydrogens is 251 g/mol. The van der Waals surface area contributed by atoms with E-state index >= 15 is 0 Å². The highest BCUT2D eigenvalue weighted by Gasteiger charge is 2.27. The quantitative estimate of drug-likeness (QED) is 0.769. The summed E-state index contributed by atoms with van der Waals surface area (Å²) in [5, 5.41) is 3.40. The lowest BCUT2D eigenvalue weighted by Gasteiger charge is -2.29. The Bertz CT molecular complexity index is 429. The van der Waals surface area contributed by atoms with Crippen molar-refractivity contribution in [2.24, 2.45) is 5.92 Å². The lowest BCUT2D eigenvalue weighted by atomic mass is 10.0. The summed E-state index contributed by atoms with van der Waals surface area (Å²) < 4.78 is 14.4. The maximum Gasteiger partial charge on any atom is 0.146 e. The van der Waals surface area contributed by atoms with Gasteiger partial charge in [-0.25, -0.2) is 4.39 Å². The summed E-state index contributed by atoms with van der Waals surface area (Å²) in [7, 11) is 0. The largest absolute Gasteiger partial charge is 0.369 e. The number of halogens is 1. The van der Waals surface area contributed by atoms with Crippen molar-refractivity contribution in [2.45, 2.75) is 46.1 Å². The maximum absolute atomic E-state index is 14.4. The number of benzene rings is 1. The maximum atomic E-state index is 14.4. The highest BCUT2D eigenvalue weighted by atomic mass is 19.1. The van der Waals surface area contributed by atoms with Gasteiger partial charge in [-0.2, -0.15) is 0 Å². The molecule has 3 heteroatoms. The van der Waals surface area contributed by atoms with Crippen LogP contribution in [-0.2, 0) is 0 Å². The highest BCUT2D eigenvalue weighted by Crippen LogP contribution is 2.35. The van der Waals surface area contributed by atoms with E-state index in [0.29, 0.717) is 0 Å². The summed E-state index contributed by atoms with van der Waals surface area (Å²) in [5.41, 5.74) is 1.90. The van der Waals surface area contributed by atoms with Crippen LogP contribution in [0.15, 0.2) is 18.2 Å². The zero-order chi connectivity index (χ0) is 14.5. The minimum atomic E-state index is -0.0821. The number of para-hydroxylation sites is 1. The molecule has 0 radical (unpaired) electrons. The molecule has 1 aliphatic rings. The molecule has 1 aliphatic carbocycles. The number of hydrogen-bond donors (Lipinski definition) is 1. The molecule has 112 valence electrons. The topological polar surface area (TPSA) is 15.3 Å². The highest BCUT2D eigenvalue weighted by molar-refractivity contribution is 5.56. The second-order valence-corrected chi connectivity index (χ2v) is 5.85. The van der Waals surface area contributed by atoms with Crippen molar-refractivity contribution in [1.82, 2.24) is 5.32 Å². The van der Waals surface area contributed by atoms with Crippen LogP contribution in [0.1, 0.15) is 51.6 Å². The average Bonchev–Trinajstić information content (AvgIpc) is 3.22. The van der Waals surface area contributed by atoms with Crippen LogP contribution in [-0.4, -0.2) is 19.6 Å². The predicted octanol–water partition coefficient (Wildman–Crippen LogP) is 4.12. The van der Waals surface area contributed by atoms with Gasteiger partial charge in [-0.05, 0) is 50.3 Å². The lowest BCUT2D eigenvalue weighted by Crippen LogP contribution is -2.30. The van der Waals surface area contributed by atoms with E-state index < -0.39 is 0 Å². The Hall–Kier alpha value is -1.09. The molecule has 1 N–H and O–H groups in total. The van der Waals surface area contributed by atoms with Gasteiger partial charge in [-0.1, -0.05) is 26.0 Å². The molecule has 20 heavy (non-hydrogen) atoms. The molecule has 1 aromatic rings. The van der Waals surface area contributed by atoms with Gasteiger partial charge in [-0.15, -0.1) is 0 Å². The summed E-state index contributed by atoms with van der Waals surface area (Å²) in [6, 6.07) is 5.65. The second kappa shape index (κ2) is 7.07. The van der Waals surface area contributed by atoms with Gasteiger partial charge in [0.05, 0.1) is 5.69 Å². The average molecular weight is 278 g/mol. The van der Waals surface area contributed by atoms with Crippen LogP contribution in [0.5, 0.6) is 0 Å². The first-order valence-corrected chi connectivity index (χ1v) is 7.94. The Labute approximate surface area is 122 Å². The van der Waals surface area contributed by atoms with Crippen molar-refractivity contribution in [3.05, 3.63) is 29.6 Å². The van der Waals surface area contributed by atoms with Gasteiger partial charge in [0.1, 0.15) is 5.82 Å². The van der Waals surface area contributed by atoms with Crippen molar-refractivity contribution in [3.63, 3.8) is 0 Å². The van der Waals surface area contributed by atoms with Gasteiger partial charge >= 0.3 is 0 Å². The Morgan fingerprint density at radius 2 is 2.10 bits per heavy atom. The summed E-state index contributed by atoms with van der Waals surface area (Å²) in [6.07, 6.45) is 3.65. The first-order valence-electron chi connectivity index (χ1n) is 7.94. The number of nitrogens with zero attached hydrogens (tertiary/aromatic N) is 1. The molecule has 0 aromatic heterocycles. The minimum Gasteiger partial charge on any atom is -0.369 e. The van der Waals surface area contributed by atoms with Crippen molar-refractivity contribution >= 4 is 5.69 Å². The number of anilines is 1. The zero-order valence-electron chi connectivity index (χ0n) is 13.0. The monoisotopic (exact) mass is 278 g/mol. The Morgan fingerprint density at radius 1 is 1.35 bits per heavy atom. The number of hydrogen-bond acceptors (Lipinski definition) is 2. The summed E-state index contributed by atoms with van der Waals surface area (Å²) in [4.78, 5) is 2.26. The molecular formula is C17H27FN2.